The molecular formula is C35H40Cl3N5O6S2. The van der Waals surface area contributed by atoms with E-state index in [-0.39, 0.29) is 39.9 Å². The number of amides is 2. The molecule has 3 heterocycles. The number of benzene rings is 3. The zero-order chi connectivity index (χ0) is 36.5. The summed E-state index contributed by atoms with van der Waals surface area (Å²) in [5.41, 5.74) is 1.86. The molecule has 2 saturated heterocycles. The van der Waals surface area contributed by atoms with Crippen molar-refractivity contribution in [3.8, 4) is 5.75 Å². The summed E-state index contributed by atoms with van der Waals surface area (Å²) in [5, 5.41) is 1.08. The van der Waals surface area contributed by atoms with Gasteiger partial charge in [0.25, 0.3) is 0 Å². The largest absolute Gasteiger partial charge is 0.493 e. The number of amidine groups is 1. The number of aliphatic imine (C=N–C) groups is 1. The first-order valence-corrected chi connectivity index (χ1v) is 21.4. The smallest absolute Gasteiger partial charge is 0.326 e. The van der Waals surface area contributed by atoms with Crippen LogP contribution in [0.1, 0.15) is 48.5 Å². The van der Waals surface area contributed by atoms with Crippen LogP contribution in [0.3, 0.4) is 0 Å². The van der Waals surface area contributed by atoms with Crippen molar-refractivity contribution in [1.29, 1.82) is 0 Å². The number of sulfone groups is 1. The van der Waals surface area contributed by atoms with E-state index >= 15 is 0 Å². The summed E-state index contributed by atoms with van der Waals surface area (Å²) >= 11 is 19.3. The zero-order valence-electron chi connectivity index (χ0n) is 28.3. The molecule has 2 amide bonds. The van der Waals surface area contributed by atoms with Gasteiger partial charge in [0, 0.05) is 68.2 Å². The topological polar surface area (TPSA) is 120 Å². The van der Waals surface area contributed by atoms with Gasteiger partial charge in [-0.05, 0) is 61.2 Å². The fourth-order valence-corrected chi connectivity index (χ4v) is 9.59. The Labute approximate surface area is 314 Å². The Morgan fingerprint density at radius 1 is 0.843 bits per heavy atom. The summed E-state index contributed by atoms with van der Waals surface area (Å²) in [6, 6.07) is 15.8. The van der Waals surface area contributed by atoms with Gasteiger partial charge < -0.3 is 9.64 Å². The Morgan fingerprint density at radius 2 is 1.43 bits per heavy atom. The van der Waals surface area contributed by atoms with Crippen molar-refractivity contribution >= 4 is 66.5 Å². The lowest BCUT2D eigenvalue weighted by Gasteiger charge is -2.39. The Morgan fingerprint density at radius 3 is 2.00 bits per heavy atom. The molecule has 0 aromatic heterocycles. The molecule has 0 radical (unpaired) electrons. The molecule has 0 aliphatic carbocycles. The lowest BCUT2D eigenvalue weighted by atomic mass is 9.93. The fourth-order valence-electron chi connectivity index (χ4n) is 6.71. The summed E-state index contributed by atoms with van der Waals surface area (Å²) in [4.78, 5) is 25.4. The van der Waals surface area contributed by atoms with E-state index in [4.69, 9.17) is 44.5 Å². The molecule has 0 spiro atoms. The van der Waals surface area contributed by atoms with E-state index in [1.165, 1.54) is 22.7 Å². The standard InChI is InChI=1S/C35H40Cl3N5O6S2/c1-3-49-30-23-29(38)31(51(47,48)42-14-4-5-15-42)22-28(30)34-39-32(24-6-10-26(36)11-7-24)33(25-8-12-27(37)13-9-25)43(34)35(44)41-18-16-40(17-19-41)20-21-50(2,45)46/h6-13,22-23,32-33H,3-5,14-21H2,1-2H3/t32-,33+/m0/s1. The molecule has 0 saturated carbocycles. The Balaban J connectivity index is 1.49. The Hall–Kier alpha value is -2.91. The average molecular weight is 797 g/mol. The Kier molecular flexibility index (Phi) is 11.6. The summed E-state index contributed by atoms with van der Waals surface area (Å²) < 4.78 is 59.0. The maximum atomic E-state index is 14.9. The lowest BCUT2D eigenvalue weighted by Crippen LogP contribution is -2.54. The van der Waals surface area contributed by atoms with Crippen LogP contribution in [0.2, 0.25) is 15.1 Å². The Bertz CT molecular complexity index is 2000. The van der Waals surface area contributed by atoms with Crippen LogP contribution in [-0.4, -0.2) is 112 Å². The third kappa shape index (κ3) is 8.35. The number of carbonyl (C=O) groups is 1. The second kappa shape index (κ2) is 15.6. The quantitative estimate of drug-likeness (QED) is 0.241. The van der Waals surface area contributed by atoms with E-state index in [1.807, 2.05) is 36.1 Å². The molecule has 0 N–H and O–H groups in total. The molecule has 274 valence electrons. The van der Waals surface area contributed by atoms with Gasteiger partial charge in [-0.15, -0.1) is 0 Å². The van der Waals surface area contributed by atoms with Gasteiger partial charge in [-0.1, -0.05) is 59.1 Å². The molecule has 3 aromatic rings. The number of rotatable bonds is 10. The van der Waals surface area contributed by atoms with Gasteiger partial charge in [-0.25, -0.2) is 21.6 Å². The van der Waals surface area contributed by atoms with E-state index < -0.39 is 31.9 Å². The van der Waals surface area contributed by atoms with E-state index in [1.54, 1.807) is 34.1 Å². The number of halogens is 3. The maximum Gasteiger partial charge on any atom is 0.326 e. The van der Waals surface area contributed by atoms with Crippen molar-refractivity contribution in [2.24, 2.45) is 4.99 Å². The van der Waals surface area contributed by atoms with E-state index in [0.717, 1.165) is 24.0 Å². The third-order valence-corrected chi connectivity index (χ3v) is 13.2. The van der Waals surface area contributed by atoms with Gasteiger partial charge >= 0.3 is 6.03 Å². The molecule has 16 heteroatoms. The summed E-state index contributed by atoms with van der Waals surface area (Å²) in [7, 11) is -7.12. The summed E-state index contributed by atoms with van der Waals surface area (Å²) in [6.45, 7) is 4.87. The highest BCUT2D eigenvalue weighted by atomic mass is 35.5. The molecule has 3 aliphatic heterocycles. The van der Waals surface area contributed by atoms with Crippen LogP contribution in [0.5, 0.6) is 5.75 Å². The van der Waals surface area contributed by atoms with Crippen LogP contribution in [0.4, 0.5) is 4.79 Å². The van der Waals surface area contributed by atoms with E-state index in [0.29, 0.717) is 61.4 Å². The second-order valence-electron chi connectivity index (χ2n) is 12.9. The van der Waals surface area contributed by atoms with Gasteiger partial charge in [0.15, 0.2) is 0 Å². The highest BCUT2D eigenvalue weighted by Gasteiger charge is 2.45. The van der Waals surface area contributed by atoms with Crippen LogP contribution in [0.15, 0.2) is 70.6 Å². The molecule has 2 atom stereocenters. The first-order valence-electron chi connectivity index (χ1n) is 16.8. The van der Waals surface area contributed by atoms with Crippen molar-refractivity contribution < 1.29 is 26.4 Å². The van der Waals surface area contributed by atoms with Crippen LogP contribution in [-0.2, 0) is 19.9 Å². The molecule has 51 heavy (non-hydrogen) atoms. The number of sulfonamides is 1. The highest BCUT2D eigenvalue weighted by molar-refractivity contribution is 7.90. The molecule has 0 bridgehead atoms. The van der Waals surface area contributed by atoms with Gasteiger partial charge in [0.05, 0.1) is 29.0 Å². The SMILES string of the molecule is CCOc1cc(Cl)c(S(=O)(=O)N2CCCC2)cc1C1=N[C@@H](c2ccc(Cl)cc2)[C@@H](c2ccc(Cl)cc2)N1C(=O)N1CCN(CCS(C)(=O)=O)CC1. The van der Waals surface area contributed by atoms with Crippen LogP contribution in [0, 0.1) is 0 Å². The first kappa shape index (κ1) is 37.8. The van der Waals surface area contributed by atoms with Crippen molar-refractivity contribution in [1.82, 2.24) is 19.0 Å². The second-order valence-corrected chi connectivity index (χ2v) is 18.3. The molecule has 0 unspecified atom stereocenters. The number of hydrogen-bond acceptors (Lipinski definition) is 8. The molecule has 6 rings (SSSR count). The molecule has 3 aliphatic rings. The highest BCUT2D eigenvalue weighted by Crippen LogP contribution is 2.46. The average Bonchev–Trinajstić information content (AvgIpc) is 3.78. The number of nitrogens with zero attached hydrogens (tertiary/aromatic N) is 5. The molecule has 2 fully saturated rings. The monoisotopic (exact) mass is 795 g/mol. The summed E-state index contributed by atoms with van der Waals surface area (Å²) in [6.07, 6.45) is 2.72. The predicted molar refractivity (Wildman–Crippen MR) is 200 cm³/mol. The van der Waals surface area contributed by atoms with Crippen LogP contribution >= 0.6 is 34.8 Å². The molecular weight excluding hydrogens is 757 g/mol. The predicted octanol–water partition coefficient (Wildman–Crippen LogP) is 6.16. The minimum absolute atomic E-state index is 0.0132. The van der Waals surface area contributed by atoms with Gasteiger partial charge in [0.1, 0.15) is 32.4 Å². The number of piperazine rings is 1. The zero-order valence-corrected chi connectivity index (χ0v) is 32.2. The molecule has 11 nitrogen and oxygen atoms in total. The molecule has 3 aromatic carbocycles. The maximum absolute atomic E-state index is 14.9. The normalized spacial score (nSPS) is 20.5. The van der Waals surface area contributed by atoms with Gasteiger partial charge in [-0.3, -0.25) is 14.8 Å². The van der Waals surface area contributed by atoms with Gasteiger partial charge in [-0.2, -0.15) is 4.31 Å². The minimum atomic E-state index is -3.98. The number of hydrogen-bond donors (Lipinski definition) is 0. The lowest BCUT2D eigenvalue weighted by molar-refractivity contribution is 0.122. The van der Waals surface area contributed by atoms with Crippen LogP contribution in [0.25, 0.3) is 0 Å². The van der Waals surface area contributed by atoms with Crippen LogP contribution < -0.4 is 4.74 Å². The van der Waals surface area contributed by atoms with Crippen molar-refractivity contribution in [3.05, 3.63) is 92.4 Å². The van der Waals surface area contributed by atoms with E-state index in [9.17, 15) is 21.6 Å². The number of urea groups is 1. The minimum Gasteiger partial charge on any atom is -0.493 e. The fraction of sp³-hybridized carbons (Fsp3) is 0.429. The number of carbonyl (C=O) groups excluding carboxylic acids is 1. The van der Waals surface area contributed by atoms with Gasteiger partial charge in [0.2, 0.25) is 10.0 Å². The van der Waals surface area contributed by atoms with Crippen molar-refractivity contribution in [2.75, 3.05) is 64.4 Å². The van der Waals surface area contributed by atoms with E-state index in [2.05, 4.69) is 0 Å². The van der Waals surface area contributed by atoms with Crippen molar-refractivity contribution in [2.45, 2.75) is 36.7 Å². The summed E-state index contributed by atoms with van der Waals surface area (Å²) in [5.74, 6) is 0.555. The first-order chi connectivity index (χ1) is 24.3. The van der Waals surface area contributed by atoms with Crippen molar-refractivity contribution in [3.63, 3.8) is 0 Å². The number of ether oxygens (including phenoxy) is 1. The third-order valence-electron chi connectivity index (χ3n) is 9.37.